The highest BCUT2D eigenvalue weighted by atomic mass is 15.4. The summed E-state index contributed by atoms with van der Waals surface area (Å²) in [7, 11) is 0. The Kier molecular flexibility index (Phi) is 4.60. The van der Waals surface area contributed by atoms with Crippen molar-refractivity contribution in [1.82, 2.24) is 14.5 Å². The van der Waals surface area contributed by atoms with E-state index in [0.717, 1.165) is 51.6 Å². The molecule has 2 heterocycles. The van der Waals surface area contributed by atoms with E-state index in [1.165, 1.54) is 0 Å². The Morgan fingerprint density at radius 3 is 2.56 bits per heavy atom. The lowest BCUT2D eigenvalue weighted by molar-refractivity contribution is 0.183. The summed E-state index contributed by atoms with van der Waals surface area (Å²) in [5, 5.41) is 0. The maximum Gasteiger partial charge on any atom is 0.205 e. The summed E-state index contributed by atoms with van der Waals surface area (Å²) < 4.78 is 2.20. The average Bonchev–Trinajstić information content (AvgIpc) is 2.89. The molecule has 102 valence electrons. The molecule has 0 bridgehead atoms. The van der Waals surface area contributed by atoms with E-state index in [-0.39, 0.29) is 0 Å². The van der Waals surface area contributed by atoms with Crippen LogP contribution in [-0.2, 0) is 6.54 Å². The van der Waals surface area contributed by atoms with Crippen LogP contribution in [0.25, 0.3) is 0 Å². The van der Waals surface area contributed by atoms with Gasteiger partial charge in [-0.2, -0.15) is 0 Å². The van der Waals surface area contributed by atoms with Crippen LogP contribution in [0.2, 0.25) is 0 Å². The van der Waals surface area contributed by atoms with Gasteiger partial charge in [-0.15, -0.1) is 0 Å². The molecular weight excluding hydrogens is 226 g/mol. The van der Waals surface area contributed by atoms with Gasteiger partial charge in [0, 0.05) is 57.7 Å². The molecule has 1 fully saturated rings. The molecule has 1 atom stereocenters. The van der Waals surface area contributed by atoms with Gasteiger partial charge in [0.15, 0.2) is 0 Å². The van der Waals surface area contributed by atoms with Crippen molar-refractivity contribution < 1.29 is 0 Å². The fourth-order valence-corrected chi connectivity index (χ4v) is 2.69. The van der Waals surface area contributed by atoms with Gasteiger partial charge in [0.05, 0.1) is 0 Å². The minimum Gasteiger partial charge on any atom is -0.340 e. The molecule has 1 aromatic rings. The maximum absolute atomic E-state index is 5.82. The van der Waals surface area contributed by atoms with E-state index in [0.29, 0.717) is 6.04 Å². The molecule has 1 aromatic heterocycles. The summed E-state index contributed by atoms with van der Waals surface area (Å²) >= 11 is 0. The molecule has 1 unspecified atom stereocenters. The zero-order valence-corrected chi connectivity index (χ0v) is 11.5. The van der Waals surface area contributed by atoms with Gasteiger partial charge in [-0.25, -0.2) is 4.98 Å². The lowest BCUT2D eigenvalue weighted by Gasteiger charge is -2.39. The highest BCUT2D eigenvalue weighted by molar-refractivity contribution is 5.32. The number of hydrogen-bond acceptors (Lipinski definition) is 4. The van der Waals surface area contributed by atoms with Crippen LogP contribution < -0.4 is 10.6 Å². The lowest BCUT2D eigenvalue weighted by Crippen LogP contribution is -2.52. The number of nitrogens with two attached hydrogens (primary N) is 1. The second kappa shape index (κ2) is 6.20. The summed E-state index contributed by atoms with van der Waals surface area (Å²) in [6, 6.07) is 0.540. The van der Waals surface area contributed by atoms with Crippen LogP contribution in [0.4, 0.5) is 5.95 Å². The zero-order chi connectivity index (χ0) is 13.0. The van der Waals surface area contributed by atoms with E-state index in [1.54, 1.807) is 0 Å². The first-order valence-corrected chi connectivity index (χ1v) is 7.00. The van der Waals surface area contributed by atoms with Crippen LogP contribution in [-0.4, -0.2) is 53.2 Å². The third kappa shape index (κ3) is 2.67. The first-order chi connectivity index (χ1) is 8.80. The van der Waals surface area contributed by atoms with Crippen molar-refractivity contribution >= 4 is 5.95 Å². The maximum atomic E-state index is 5.82. The molecule has 0 aromatic carbocycles. The lowest BCUT2D eigenvalue weighted by atomic mass is 10.1. The molecule has 5 heteroatoms. The highest BCUT2D eigenvalue weighted by Crippen LogP contribution is 2.16. The topological polar surface area (TPSA) is 50.3 Å². The van der Waals surface area contributed by atoms with Gasteiger partial charge in [-0.1, -0.05) is 6.92 Å². The molecule has 18 heavy (non-hydrogen) atoms. The van der Waals surface area contributed by atoms with Crippen molar-refractivity contribution in [3.05, 3.63) is 12.4 Å². The van der Waals surface area contributed by atoms with E-state index in [2.05, 4.69) is 39.4 Å². The van der Waals surface area contributed by atoms with Gasteiger partial charge < -0.3 is 15.2 Å². The number of aryl methyl sites for hydroxylation is 1. The Bertz CT molecular complexity index is 350. The second-order valence-electron chi connectivity index (χ2n) is 4.83. The van der Waals surface area contributed by atoms with Crippen molar-refractivity contribution in [2.24, 2.45) is 5.73 Å². The minimum absolute atomic E-state index is 0.540. The normalized spacial score (nSPS) is 19.2. The molecule has 0 spiro atoms. The Balaban J connectivity index is 1.94. The average molecular weight is 251 g/mol. The van der Waals surface area contributed by atoms with E-state index in [9.17, 15) is 0 Å². The summed E-state index contributed by atoms with van der Waals surface area (Å²) in [6.07, 6.45) is 5.08. The molecule has 0 saturated carbocycles. The van der Waals surface area contributed by atoms with Crippen molar-refractivity contribution in [3.63, 3.8) is 0 Å². The van der Waals surface area contributed by atoms with Crippen LogP contribution in [0.3, 0.4) is 0 Å². The highest BCUT2D eigenvalue weighted by Gasteiger charge is 2.23. The number of rotatable bonds is 5. The molecule has 2 N–H and O–H groups in total. The second-order valence-corrected chi connectivity index (χ2v) is 4.83. The smallest absolute Gasteiger partial charge is 0.205 e. The first-order valence-electron chi connectivity index (χ1n) is 7.00. The molecule has 5 nitrogen and oxygen atoms in total. The fourth-order valence-electron chi connectivity index (χ4n) is 2.69. The summed E-state index contributed by atoms with van der Waals surface area (Å²) in [4.78, 5) is 9.35. The van der Waals surface area contributed by atoms with Gasteiger partial charge in [0.1, 0.15) is 0 Å². The van der Waals surface area contributed by atoms with E-state index in [1.807, 2.05) is 6.20 Å². The van der Waals surface area contributed by atoms with Crippen LogP contribution in [0.15, 0.2) is 12.4 Å². The predicted molar refractivity (Wildman–Crippen MR) is 74.8 cm³/mol. The molecule has 0 amide bonds. The Hall–Kier alpha value is -1.07. The fraction of sp³-hybridized carbons (Fsp3) is 0.769. The Labute approximate surface area is 110 Å². The third-order valence-electron chi connectivity index (χ3n) is 3.89. The number of anilines is 1. The van der Waals surface area contributed by atoms with Gasteiger partial charge in [0.25, 0.3) is 0 Å². The Morgan fingerprint density at radius 2 is 2.00 bits per heavy atom. The van der Waals surface area contributed by atoms with E-state index < -0.39 is 0 Å². The number of nitrogens with zero attached hydrogens (tertiary/aromatic N) is 4. The molecule has 0 radical (unpaired) electrons. The molecule has 1 aliphatic rings. The standard InChI is InChI=1S/C13H25N5/c1-3-12(11-14)17-7-9-18(10-8-17)13-15-5-6-16(13)4-2/h5-6,12H,3-4,7-11,14H2,1-2H3. The summed E-state index contributed by atoms with van der Waals surface area (Å²) in [5.74, 6) is 1.11. The van der Waals surface area contributed by atoms with Crippen LogP contribution >= 0.6 is 0 Å². The van der Waals surface area contributed by atoms with Gasteiger partial charge in [0.2, 0.25) is 5.95 Å². The number of aromatic nitrogens is 2. The van der Waals surface area contributed by atoms with Gasteiger partial charge >= 0.3 is 0 Å². The largest absolute Gasteiger partial charge is 0.340 e. The Morgan fingerprint density at radius 1 is 1.28 bits per heavy atom. The molecule has 1 aliphatic heterocycles. The van der Waals surface area contributed by atoms with E-state index >= 15 is 0 Å². The predicted octanol–water partition coefficient (Wildman–Crippen LogP) is 0.762. The van der Waals surface area contributed by atoms with Crippen LogP contribution in [0.1, 0.15) is 20.3 Å². The van der Waals surface area contributed by atoms with Crippen molar-refractivity contribution in [2.45, 2.75) is 32.9 Å². The number of hydrogen-bond donors (Lipinski definition) is 1. The number of piperazine rings is 1. The third-order valence-corrected chi connectivity index (χ3v) is 3.89. The van der Waals surface area contributed by atoms with Crippen molar-refractivity contribution in [3.8, 4) is 0 Å². The molecule has 1 saturated heterocycles. The molecular formula is C13H25N5. The number of imidazole rings is 1. The summed E-state index contributed by atoms with van der Waals surface area (Å²) in [5.41, 5.74) is 5.82. The first kappa shape index (κ1) is 13.4. The zero-order valence-electron chi connectivity index (χ0n) is 11.5. The molecule has 0 aliphatic carbocycles. The SMILES string of the molecule is CCC(CN)N1CCN(c2nccn2CC)CC1. The quantitative estimate of drug-likeness (QED) is 0.839. The minimum atomic E-state index is 0.540. The monoisotopic (exact) mass is 251 g/mol. The van der Waals surface area contributed by atoms with Gasteiger partial charge in [-0.3, -0.25) is 4.90 Å². The van der Waals surface area contributed by atoms with E-state index in [4.69, 9.17) is 5.73 Å². The van der Waals surface area contributed by atoms with Crippen LogP contribution in [0, 0.1) is 0 Å². The summed E-state index contributed by atoms with van der Waals surface area (Å²) in [6.45, 7) is 10.4. The molecule has 2 rings (SSSR count). The van der Waals surface area contributed by atoms with Crippen molar-refractivity contribution in [2.75, 3.05) is 37.6 Å². The van der Waals surface area contributed by atoms with Gasteiger partial charge in [-0.05, 0) is 13.3 Å². The van der Waals surface area contributed by atoms with Crippen molar-refractivity contribution in [1.29, 1.82) is 0 Å². The van der Waals surface area contributed by atoms with Crippen LogP contribution in [0.5, 0.6) is 0 Å².